The van der Waals surface area contributed by atoms with E-state index in [4.69, 9.17) is 4.74 Å². The minimum Gasteiger partial charge on any atom is -0.490 e. The Morgan fingerprint density at radius 2 is 1.89 bits per heavy atom. The number of aryl methyl sites for hydroxylation is 1. The lowest BCUT2D eigenvalue weighted by molar-refractivity contribution is -0.385. The number of ether oxygens (including phenoxy) is 1. The van der Waals surface area contributed by atoms with Crippen LogP contribution in [-0.4, -0.2) is 58.9 Å². The molecule has 1 aromatic carbocycles. The van der Waals surface area contributed by atoms with Crippen LogP contribution in [0.1, 0.15) is 25.7 Å². The fourth-order valence-corrected chi connectivity index (χ4v) is 4.50. The molecule has 0 bridgehead atoms. The molecule has 0 N–H and O–H groups in total. The molecule has 2 saturated heterocycles. The van der Waals surface area contributed by atoms with Gasteiger partial charge in [-0.05, 0) is 38.8 Å². The Hall–Kier alpha value is -2.61. The van der Waals surface area contributed by atoms with Crippen molar-refractivity contribution in [1.82, 2.24) is 14.7 Å². The first-order valence-corrected chi connectivity index (χ1v) is 9.91. The number of rotatable bonds is 5. The molecule has 8 heteroatoms. The van der Waals surface area contributed by atoms with Gasteiger partial charge in [0.05, 0.1) is 18.2 Å². The number of nitro groups is 1. The number of benzene rings is 1. The predicted molar refractivity (Wildman–Crippen MR) is 108 cm³/mol. The largest absolute Gasteiger partial charge is 0.490 e. The van der Waals surface area contributed by atoms with Crippen molar-refractivity contribution >= 4 is 11.4 Å². The molecule has 8 nitrogen and oxygen atoms in total. The molecule has 2 fully saturated rings. The second-order valence-electron chi connectivity index (χ2n) is 7.66. The van der Waals surface area contributed by atoms with E-state index in [1.807, 2.05) is 19.3 Å². The topological polar surface area (TPSA) is 76.7 Å². The Balaban J connectivity index is 1.66. The fraction of sp³-hybridized carbons (Fsp3) is 0.550. The number of likely N-dealkylation sites (tertiary alicyclic amines) is 1. The van der Waals surface area contributed by atoms with Crippen molar-refractivity contribution in [2.45, 2.75) is 31.7 Å². The number of anilines is 1. The molecule has 0 amide bonds. The molecule has 2 aromatic rings. The summed E-state index contributed by atoms with van der Waals surface area (Å²) in [6, 6.07) is 4.09. The monoisotopic (exact) mass is 385 g/mol. The van der Waals surface area contributed by atoms with Crippen LogP contribution in [0.5, 0.6) is 5.75 Å². The highest BCUT2D eigenvalue weighted by Gasteiger charge is 2.29. The lowest BCUT2D eigenvalue weighted by atomic mass is 9.99. The van der Waals surface area contributed by atoms with E-state index < -0.39 is 0 Å². The highest BCUT2D eigenvalue weighted by molar-refractivity contribution is 5.82. The first-order chi connectivity index (χ1) is 13.6. The van der Waals surface area contributed by atoms with E-state index in [0.29, 0.717) is 11.8 Å². The van der Waals surface area contributed by atoms with E-state index in [1.54, 1.807) is 16.9 Å². The minimum atomic E-state index is -0.387. The number of piperidine rings is 1. The summed E-state index contributed by atoms with van der Waals surface area (Å²) >= 11 is 0. The first-order valence-electron chi connectivity index (χ1n) is 9.91. The quantitative estimate of drug-likeness (QED) is 0.582. The fourth-order valence-electron chi connectivity index (χ4n) is 4.50. The maximum absolute atomic E-state index is 11.5. The van der Waals surface area contributed by atoms with Gasteiger partial charge < -0.3 is 14.5 Å². The molecule has 0 radical (unpaired) electrons. The van der Waals surface area contributed by atoms with Gasteiger partial charge in [-0.1, -0.05) is 0 Å². The number of methoxy groups -OCH3 is 1. The highest BCUT2D eigenvalue weighted by atomic mass is 16.6. The second kappa shape index (κ2) is 7.79. The Morgan fingerprint density at radius 1 is 1.18 bits per heavy atom. The summed E-state index contributed by atoms with van der Waals surface area (Å²) in [6.45, 7) is 4.32. The number of nitrogens with zero attached hydrogens (tertiary/aromatic N) is 5. The maximum Gasteiger partial charge on any atom is 0.311 e. The van der Waals surface area contributed by atoms with Gasteiger partial charge >= 0.3 is 5.69 Å². The Bertz CT molecular complexity index is 852. The van der Waals surface area contributed by atoms with Crippen LogP contribution in [0.15, 0.2) is 24.5 Å². The Kier molecular flexibility index (Phi) is 5.21. The summed E-state index contributed by atoms with van der Waals surface area (Å²) in [4.78, 5) is 16.1. The van der Waals surface area contributed by atoms with Crippen LogP contribution in [0.25, 0.3) is 11.1 Å². The third-order valence-electron chi connectivity index (χ3n) is 5.97. The van der Waals surface area contributed by atoms with Crippen molar-refractivity contribution < 1.29 is 9.66 Å². The minimum absolute atomic E-state index is 0.0166. The summed E-state index contributed by atoms with van der Waals surface area (Å²) in [5.74, 6) is 0.300. The third-order valence-corrected chi connectivity index (χ3v) is 5.97. The number of aromatic nitrogens is 2. The van der Waals surface area contributed by atoms with Crippen molar-refractivity contribution in [3.63, 3.8) is 0 Å². The third kappa shape index (κ3) is 3.56. The van der Waals surface area contributed by atoms with E-state index in [9.17, 15) is 10.1 Å². The zero-order valence-corrected chi connectivity index (χ0v) is 16.5. The van der Waals surface area contributed by atoms with Gasteiger partial charge in [0.15, 0.2) is 5.75 Å². The summed E-state index contributed by atoms with van der Waals surface area (Å²) in [7, 11) is 3.33. The highest BCUT2D eigenvalue weighted by Crippen LogP contribution is 2.41. The van der Waals surface area contributed by atoms with Gasteiger partial charge in [0.1, 0.15) is 0 Å². The van der Waals surface area contributed by atoms with Crippen LogP contribution >= 0.6 is 0 Å². The van der Waals surface area contributed by atoms with E-state index in [-0.39, 0.29) is 10.6 Å². The van der Waals surface area contributed by atoms with Gasteiger partial charge in [0, 0.05) is 61.3 Å². The maximum atomic E-state index is 11.5. The van der Waals surface area contributed by atoms with Crippen molar-refractivity contribution in [1.29, 1.82) is 0 Å². The molecule has 1 aromatic heterocycles. The molecule has 4 rings (SSSR count). The smallest absolute Gasteiger partial charge is 0.311 e. The van der Waals surface area contributed by atoms with Crippen molar-refractivity contribution in [3.8, 4) is 16.9 Å². The molecule has 0 spiro atoms. The van der Waals surface area contributed by atoms with E-state index in [2.05, 4.69) is 14.9 Å². The van der Waals surface area contributed by atoms with Gasteiger partial charge in [-0.15, -0.1) is 0 Å². The molecular weight excluding hydrogens is 358 g/mol. The van der Waals surface area contributed by atoms with Crippen LogP contribution in [0.4, 0.5) is 11.4 Å². The van der Waals surface area contributed by atoms with Gasteiger partial charge in [-0.2, -0.15) is 5.10 Å². The number of hydrogen-bond donors (Lipinski definition) is 0. The predicted octanol–water partition coefficient (Wildman–Crippen LogP) is 3.07. The van der Waals surface area contributed by atoms with Crippen molar-refractivity contribution in [2.24, 2.45) is 7.05 Å². The van der Waals surface area contributed by atoms with Crippen LogP contribution in [0.2, 0.25) is 0 Å². The summed E-state index contributed by atoms with van der Waals surface area (Å²) in [5.41, 5.74) is 2.68. The molecular formula is C20H27N5O3. The van der Waals surface area contributed by atoms with Gasteiger partial charge in [-0.25, -0.2) is 0 Å². The van der Waals surface area contributed by atoms with Crippen LogP contribution in [0.3, 0.4) is 0 Å². The molecule has 0 saturated carbocycles. The molecule has 3 heterocycles. The lowest BCUT2D eigenvalue weighted by Crippen LogP contribution is -2.44. The molecule has 2 aliphatic rings. The van der Waals surface area contributed by atoms with Crippen LogP contribution in [-0.2, 0) is 7.05 Å². The summed E-state index contributed by atoms with van der Waals surface area (Å²) in [6.07, 6.45) is 8.51. The summed E-state index contributed by atoms with van der Waals surface area (Å²) in [5, 5.41) is 15.8. The normalized spacial score (nSPS) is 18.6. The van der Waals surface area contributed by atoms with Gasteiger partial charge in [0.25, 0.3) is 0 Å². The average molecular weight is 385 g/mol. The van der Waals surface area contributed by atoms with Crippen LogP contribution in [0, 0.1) is 10.1 Å². The average Bonchev–Trinajstić information content (AvgIpc) is 3.39. The van der Waals surface area contributed by atoms with Crippen molar-refractivity contribution in [2.75, 3.05) is 38.2 Å². The summed E-state index contributed by atoms with van der Waals surface area (Å²) < 4.78 is 7.06. The zero-order chi connectivity index (χ0) is 19.7. The lowest BCUT2D eigenvalue weighted by Gasteiger charge is -2.38. The molecule has 150 valence electrons. The van der Waals surface area contributed by atoms with Gasteiger partial charge in [-0.3, -0.25) is 14.8 Å². The van der Waals surface area contributed by atoms with E-state index >= 15 is 0 Å². The molecule has 0 unspecified atom stereocenters. The van der Waals surface area contributed by atoms with Gasteiger partial charge in [0.2, 0.25) is 0 Å². The second-order valence-corrected chi connectivity index (χ2v) is 7.66. The SMILES string of the molecule is COc1cc(N2CCC(N3CCCC3)CC2)c(-c2cnn(C)c2)cc1[N+](=O)[O-]. The van der Waals surface area contributed by atoms with Crippen LogP contribution < -0.4 is 9.64 Å². The molecule has 0 atom stereocenters. The van der Waals surface area contributed by atoms with Crippen molar-refractivity contribution in [3.05, 3.63) is 34.6 Å². The first kappa shape index (κ1) is 18.7. The van der Waals surface area contributed by atoms with E-state index in [1.165, 1.54) is 33.0 Å². The standard InChI is InChI=1S/C20H27N5O3/c1-22-14-15(13-21-22)17-11-19(25(26)27)20(28-2)12-18(17)24-9-5-16(6-10-24)23-7-3-4-8-23/h11-14,16H,3-10H2,1-2H3. The zero-order valence-electron chi connectivity index (χ0n) is 16.5. The Morgan fingerprint density at radius 3 is 2.46 bits per heavy atom. The number of nitro benzene ring substituents is 1. The Labute approximate surface area is 164 Å². The molecule has 0 aliphatic carbocycles. The molecule has 28 heavy (non-hydrogen) atoms. The number of hydrogen-bond acceptors (Lipinski definition) is 6. The molecule has 2 aliphatic heterocycles. The van der Waals surface area contributed by atoms with E-state index in [0.717, 1.165) is 42.7 Å².